The molecule has 111 valence electrons. The Morgan fingerprint density at radius 1 is 1.23 bits per heavy atom. The van der Waals surface area contributed by atoms with E-state index in [1.54, 1.807) is 12.1 Å². The van der Waals surface area contributed by atoms with Crippen LogP contribution in [0.2, 0.25) is 0 Å². The Balaban J connectivity index is 1.84. The van der Waals surface area contributed by atoms with E-state index in [0.717, 1.165) is 5.56 Å². The van der Waals surface area contributed by atoms with E-state index in [2.05, 4.69) is 0 Å². The fourth-order valence-corrected chi connectivity index (χ4v) is 1.78. The number of hydrogen-bond donors (Lipinski definition) is 1. The number of nitrogens with two attached hydrogens (primary N) is 1. The molecule has 0 unspecified atom stereocenters. The fourth-order valence-electron chi connectivity index (χ4n) is 1.78. The first kappa shape index (κ1) is 15.4. The summed E-state index contributed by atoms with van der Waals surface area (Å²) in [4.78, 5) is 26.7. The summed E-state index contributed by atoms with van der Waals surface area (Å²) in [6.07, 6.45) is 2.71. The summed E-state index contributed by atoms with van der Waals surface area (Å²) in [7, 11) is 0. The predicted octanol–water partition coefficient (Wildman–Crippen LogP) is 1.83. The number of quaternary nitrogens is 1. The van der Waals surface area contributed by atoms with Crippen LogP contribution < -0.4 is 5.48 Å². The molecule has 0 amide bonds. The summed E-state index contributed by atoms with van der Waals surface area (Å²) in [5.74, 6) is -0.526. The molecule has 0 aromatic heterocycles. The average Bonchev–Trinajstić information content (AvgIpc) is 2.54. The van der Waals surface area contributed by atoms with E-state index < -0.39 is 10.9 Å². The van der Waals surface area contributed by atoms with Gasteiger partial charge in [-0.3, -0.25) is 10.1 Å². The molecule has 0 aliphatic carbocycles. The number of nitrogens with zero attached hydrogens (tertiary/aromatic N) is 1. The number of nitro benzene ring substituents is 1. The van der Waals surface area contributed by atoms with E-state index in [-0.39, 0.29) is 5.69 Å². The lowest BCUT2D eigenvalue weighted by Crippen LogP contribution is -2.82. The van der Waals surface area contributed by atoms with Crippen LogP contribution in [0.4, 0.5) is 5.69 Å². The third-order valence-corrected chi connectivity index (χ3v) is 2.85. The number of hydrogen-bond acceptors (Lipinski definition) is 4. The molecule has 6 nitrogen and oxygen atoms in total. The van der Waals surface area contributed by atoms with Gasteiger partial charge < -0.3 is 0 Å². The summed E-state index contributed by atoms with van der Waals surface area (Å²) >= 11 is 0. The SMILES string of the molecule is O=[N+]([O-])c1cccc(/C=C/C(=[O+])O[NH2+]Cc2ccccc2)c1. The quantitative estimate of drug-likeness (QED) is 0.381. The summed E-state index contributed by atoms with van der Waals surface area (Å²) in [5.41, 5.74) is 3.01. The van der Waals surface area contributed by atoms with E-state index in [4.69, 9.17) is 4.84 Å². The van der Waals surface area contributed by atoms with Crippen molar-refractivity contribution in [2.24, 2.45) is 0 Å². The highest BCUT2D eigenvalue weighted by Crippen LogP contribution is 2.13. The molecule has 0 heterocycles. The van der Waals surface area contributed by atoms with Crippen molar-refractivity contribution in [3.8, 4) is 0 Å². The second kappa shape index (κ2) is 7.70. The number of benzene rings is 2. The Labute approximate surface area is 127 Å². The number of carbonyl (C=O) groups excluding carboxylic acids is 1. The van der Waals surface area contributed by atoms with Crippen LogP contribution in [-0.2, 0) is 16.2 Å². The Kier molecular flexibility index (Phi) is 5.39. The smallest absolute Gasteiger partial charge is 0.258 e. The van der Waals surface area contributed by atoms with E-state index in [1.165, 1.54) is 29.8 Å². The highest BCUT2D eigenvalue weighted by molar-refractivity contribution is 5.86. The molecule has 0 atom stereocenters. The highest BCUT2D eigenvalue weighted by atomic mass is 16.7. The Morgan fingerprint density at radius 2 is 2.00 bits per heavy atom. The fraction of sp³-hybridized carbons (Fsp3) is 0.0625. The lowest BCUT2D eigenvalue weighted by atomic mass is 10.2. The van der Waals surface area contributed by atoms with Crippen molar-refractivity contribution < 1.29 is 20.0 Å². The Hall–Kier alpha value is -2.99. The van der Waals surface area contributed by atoms with Gasteiger partial charge in [-0.05, 0) is 11.6 Å². The zero-order valence-electron chi connectivity index (χ0n) is 11.7. The number of nitro groups is 1. The van der Waals surface area contributed by atoms with Crippen molar-refractivity contribution in [2.45, 2.75) is 6.54 Å². The van der Waals surface area contributed by atoms with Crippen molar-refractivity contribution in [2.75, 3.05) is 0 Å². The van der Waals surface area contributed by atoms with E-state index in [1.807, 2.05) is 30.3 Å². The van der Waals surface area contributed by atoms with E-state index >= 15 is 0 Å². The van der Waals surface area contributed by atoms with Gasteiger partial charge in [-0.2, -0.15) is 0 Å². The summed E-state index contributed by atoms with van der Waals surface area (Å²) < 4.78 is 0. The van der Waals surface area contributed by atoms with Gasteiger partial charge in [-0.1, -0.05) is 52.8 Å². The molecular weight excluding hydrogens is 284 g/mol. The van der Waals surface area contributed by atoms with Crippen LogP contribution in [0.25, 0.3) is 6.08 Å². The minimum atomic E-state index is -0.526. The third kappa shape index (κ3) is 4.84. The van der Waals surface area contributed by atoms with Gasteiger partial charge in [0.2, 0.25) is 0 Å². The van der Waals surface area contributed by atoms with Crippen LogP contribution in [0.5, 0.6) is 0 Å². The first-order chi connectivity index (χ1) is 10.6. The van der Waals surface area contributed by atoms with Crippen LogP contribution in [0, 0.1) is 10.1 Å². The third-order valence-electron chi connectivity index (χ3n) is 2.85. The Morgan fingerprint density at radius 3 is 2.73 bits per heavy atom. The van der Waals surface area contributed by atoms with Crippen molar-refractivity contribution in [3.05, 3.63) is 81.9 Å². The Bertz CT molecular complexity index is 684. The second-order valence-corrected chi connectivity index (χ2v) is 4.48. The molecule has 2 N–H and O–H groups in total. The molecule has 0 saturated heterocycles. The van der Waals surface area contributed by atoms with Crippen molar-refractivity contribution in [1.29, 1.82) is 0 Å². The van der Waals surface area contributed by atoms with Gasteiger partial charge in [0, 0.05) is 17.7 Å². The minimum Gasteiger partial charge on any atom is -0.258 e. The highest BCUT2D eigenvalue weighted by Gasteiger charge is 2.16. The summed E-state index contributed by atoms with van der Waals surface area (Å²) in [5, 5.41) is 10.7. The molecule has 2 rings (SSSR count). The maximum absolute atomic E-state index is 11.6. The molecule has 0 saturated carbocycles. The zero-order valence-corrected chi connectivity index (χ0v) is 11.7. The molecule has 2 aromatic carbocycles. The molecule has 0 bridgehead atoms. The number of rotatable bonds is 6. The number of hydroxylamine groups is 1. The van der Waals surface area contributed by atoms with Crippen LogP contribution in [0.1, 0.15) is 11.1 Å². The van der Waals surface area contributed by atoms with Crippen molar-refractivity contribution in [3.63, 3.8) is 0 Å². The molecule has 0 aliphatic rings. The molecule has 2 aromatic rings. The maximum atomic E-state index is 11.6. The molecule has 0 aliphatic heterocycles. The predicted molar refractivity (Wildman–Crippen MR) is 80.3 cm³/mol. The molecule has 0 fully saturated rings. The van der Waals surface area contributed by atoms with Gasteiger partial charge in [0.25, 0.3) is 5.69 Å². The number of carbonyl (C=O) groups is 1. The largest absolute Gasteiger partial charge is 0.662 e. The second-order valence-electron chi connectivity index (χ2n) is 4.48. The van der Waals surface area contributed by atoms with Gasteiger partial charge in [0.1, 0.15) is 6.08 Å². The molecule has 1 radical (unpaired) electrons. The lowest BCUT2D eigenvalue weighted by Gasteiger charge is -1.93. The topological polar surface area (TPSA) is 88.9 Å². The molecule has 0 spiro atoms. The van der Waals surface area contributed by atoms with Crippen molar-refractivity contribution >= 4 is 17.7 Å². The monoisotopic (exact) mass is 299 g/mol. The normalized spacial score (nSPS) is 10.5. The van der Waals surface area contributed by atoms with E-state index in [9.17, 15) is 14.9 Å². The average molecular weight is 299 g/mol. The summed E-state index contributed by atoms with van der Waals surface area (Å²) in [6, 6.07) is 15.6. The van der Waals surface area contributed by atoms with Gasteiger partial charge in [-0.15, -0.1) is 0 Å². The lowest BCUT2D eigenvalue weighted by molar-refractivity contribution is -0.884. The van der Waals surface area contributed by atoms with Crippen LogP contribution >= 0.6 is 0 Å². The van der Waals surface area contributed by atoms with Crippen LogP contribution in [0.3, 0.4) is 0 Å². The zero-order chi connectivity index (χ0) is 15.8. The minimum absolute atomic E-state index is 0.0221. The first-order valence-electron chi connectivity index (χ1n) is 6.64. The molecular formula is C16H15N2O4+2. The summed E-state index contributed by atoms with van der Waals surface area (Å²) in [6.45, 7) is 0.525. The van der Waals surface area contributed by atoms with Gasteiger partial charge in [-0.25, -0.2) is 0 Å². The number of non-ortho nitro benzene ring substituents is 1. The molecule has 22 heavy (non-hydrogen) atoms. The van der Waals surface area contributed by atoms with Crippen LogP contribution in [0.15, 0.2) is 60.7 Å². The van der Waals surface area contributed by atoms with Crippen molar-refractivity contribution in [1.82, 2.24) is 0 Å². The van der Waals surface area contributed by atoms with Gasteiger partial charge >= 0.3 is 5.97 Å². The van der Waals surface area contributed by atoms with Gasteiger partial charge in [0.15, 0.2) is 6.54 Å². The first-order valence-corrected chi connectivity index (χ1v) is 6.64. The van der Waals surface area contributed by atoms with E-state index in [0.29, 0.717) is 12.1 Å². The standard InChI is InChI=1S/C16H14N2O4/c19-16(22-17-12-14-5-2-1-3-6-14)10-9-13-7-4-8-15(11-13)18(20)21/h1-11,17H,12H2/q+1/p+1/b10-9+. The molecule has 6 heteroatoms. The van der Waals surface area contributed by atoms with Gasteiger partial charge in [0.05, 0.1) is 9.72 Å². The maximum Gasteiger partial charge on any atom is 0.662 e. The van der Waals surface area contributed by atoms with Crippen LogP contribution in [-0.4, -0.2) is 10.9 Å².